The Morgan fingerprint density at radius 2 is 1.76 bits per heavy atom. The van der Waals surface area contributed by atoms with Crippen LogP contribution in [0.5, 0.6) is 0 Å². The van der Waals surface area contributed by atoms with E-state index in [0.29, 0.717) is 17.8 Å². The molecule has 3 aliphatic rings. The lowest BCUT2D eigenvalue weighted by atomic mass is 10.0. The standard InChI is InChI=1S/C27H35N7O3/c1-17-13-33(14-18(2)37-17)25-23-26(34(16-28-23)15-19-9-11-36-12-10-19)32-24(31-25)20-3-5-21(6-4-20)29-27(35)30-22-7-8-22/h3-6,16-19,22H,7-15H2,1-2H3,(H2,29,30,35)/t17-,18+. The average molecular weight is 506 g/mol. The summed E-state index contributed by atoms with van der Waals surface area (Å²) in [6.45, 7) is 8.18. The molecule has 10 nitrogen and oxygen atoms in total. The van der Waals surface area contributed by atoms with Gasteiger partial charge in [-0.1, -0.05) is 0 Å². The molecular formula is C27H35N7O3. The Morgan fingerprint density at radius 1 is 1.03 bits per heavy atom. The molecule has 1 aromatic carbocycles. The van der Waals surface area contributed by atoms with Crippen LogP contribution in [-0.4, -0.2) is 70.1 Å². The van der Waals surface area contributed by atoms with Gasteiger partial charge in [-0.3, -0.25) is 0 Å². The normalized spacial score (nSPS) is 22.8. The monoisotopic (exact) mass is 505 g/mol. The number of aromatic nitrogens is 4. The Hall–Kier alpha value is -3.24. The first kappa shape index (κ1) is 24.1. The van der Waals surface area contributed by atoms with E-state index < -0.39 is 0 Å². The maximum Gasteiger partial charge on any atom is 0.319 e. The zero-order valence-corrected chi connectivity index (χ0v) is 21.5. The molecule has 0 radical (unpaired) electrons. The SMILES string of the molecule is C[C@@H]1CN(c2nc(-c3ccc(NC(=O)NC4CC4)cc3)nc3c2ncn3CC2CCOCC2)C[C@H](C)O1. The maximum atomic E-state index is 12.1. The van der Waals surface area contributed by atoms with Gasteiger partial charge >= 0.3 is 6.03 Å². The van der Waals surface area contributed by atoms with Crippen LogP contribution in [-0.2, 0) is 16.0 Å². The predicted octanol–water partition coefficient (Wildman–Crippen LogP) is 3.82. The van der Waals surface area contributed by atoms with Crippen LogP contribution >= 0.6 is 0 Å². The summed E-state index contributed by atoms with van der Waals surface area (Å²) in [7, 11) is 0. The van der Waals surface area contributed by atoms with Crippen LogP contribution in [0.4, 0.5) is 16.3 Å². The van der Waals surface area contributed by atoms with E-state index in [2.05, 4.69) is 33.9 Å². The summed E-state index contributed by atoms with van der Waals surface area (Å²) in [5.41, 5.74) is 3.31. The Kier molecular flexibility index (Phi) is 6.69. The Labute approximate surface area is 216 Å². The summed E-state index contributed by atoms with van der Waals surface area (Å²) in [5.74, 6) is 2.04. The van der Waals surface area contributed by atoms with Gasteiger partial charge in [-0.25, -0.2) is 19.7 Å². The summed E-state index contributed by atoms with van der Waals surface area (Å²) in [6, 6.07) is 7.86. The number of nitrogens with one attached hydrogen (secondary N) is 2. The van der Waals surface area contributed by atoms with Gasteiger partial charge in [-0.05, 0) is 69.7 Å². The minimum absolute atomic E-state index is 0.105. The minimum atomic E-state index is -0.164. The number of rotatable bonds is 6. The van der Waals surface area contributed by atoms with E-state index in [9.17, 15) is 4.79 Å². The highest BCUT2D eigenvalue weighted by Gasteiger charge is 2.28. The highest BCUT2D eigenvalue weighted by Crippen LogP contribution is 2.30. The molecule has 10 heteroatoms. The second-order valence-corrected chi connectivity index (χ2v) is 10.6. The van der Waals surface area contributed by atoms with Gasteiger partial charge in [0.1, 0.15) is 0 Å². The van der Waals surface area contributed by atoms with Gasteiger partial charge in [-0.2, -0.15) is 0 Å². The number of hydrogen-bond acceptors (Lipinski definition) is 7. The van der Waals surface area contributed by atoms with Gasteiger partial charge in [0.25, 0.3) is 0 Å². The molecule has 2 aromatic heterocycles. The van der Waals surface area contributed by atoms with E-state index in [4.69, 9.17) is 24.4 Å². The van der Waals surface area contributed by atoms with Crippen LogP contribution < -0.4 is 15.5 Å². The third-order valence-corrected chi connectivity index (χ3v) is 7.27. The maximum absolute atomic E-state index is 12.1. The number of benzene rings is 1. The fraction of sp³-hybridized carbons (Fsp3) is 0.556. The highest BCUT2D eigenvalue weighted by molar-refractivity contribution is 5.90. The van der Waals surface area contributed by atoms with Crippen molar-refractivity contribution in [3.8, 4) is 11.4 Å². The molecule has 2 saturated heterocycles. The number of urea groups is 1. The van der Waals surface area contributed by atoms with Crippen LogP contribution in [0.25, 0.3) is 22.6 Å². The van der Waals surface area contributed by atoms with Crippen molar-refractivity contribution in [2.75, 3.05) is 36.5 Å². The number of ether oxygens (including phenoxy) is 2. The zero-order valence-electron chi connectivity index (χ0n) is 21.5. The molecule has 2 amide bonds. The molecule has 3 fully saturated rings. The number of morpholine rings is 1. The molecule has 1 saturated carbocycles. The van der Waals surface area contributed by atoms with Crippen LogP contribution in [0.3, 0.4) is 0 Å². The molecule has 3 aromatic rings. The van der Waals surface area contributed by atoms with Crippen LogP contribution in [0.1, 0.15) is 39.5 Å². The molecule has 196 valence electrons. The van der Waals surface area contributed by atoms with E-state index >= 15 is 0 Å². The number of hydrogen-bond donors (Lipinski definition) is 2. The van der Waals surface area contributed by atoms with Crippen molar-refractivity contribution < 1.29 is 14.3 Å². The van der Waals surface area contributed by atoms with Gasteiger partial charge in [-0.15, -0.1) is 0 Å². The number of imidazole rings is 1. The first-order chi connectivity index (χ1) is 18.0. The van der Waals surface area contributed by atoms with E-state index in [-0.39, 0.29) is 18.2 Å². The van der Waals surface area contributed by atoms with Crippen molar-refractivity contribution >= 4 is 28.7 Å². The molecule has 37 heavy (non-hydrogen) atoms. The first-order valence-corrected chi connectivity index (χ1v) is 13.4. The van der Waals surface area contributed by atoms with E-state index in [0.717, 1.165) is 86.8 Å². The molecule has 6 rings (SSSR count). The smallest absolute Gasteiger partial charge is 0.319 e. The van der Waals surface area contributed by atoms with Crippen molar-refractivity contribution in [3.63, 3.8) is 0 Å². The van der Waals surface area contributed by atoms with E-state index in [1.807, 2.05) is 30.6 Å². The Bertz CT molecular complexity index is 1240. The predicted molar refractivity (Wildman–Crippen MR) is 142 cm³/mol. The highest BCUT2D eigenvalue weighted by atomic mass is 16.5. The molecule has 2 aliphatic heterocycles. The quantitative estimate of drug-likeness (QED) is 0.525. The summed E-state index contributed by atoms with van der Waals surface area (Å²) in [4.78, 5) is 29.2. The molecule has 2 atom stereocenters. The lowest BCUT2D eigenvalue weighted by Gasteiger charge is -2.36. The largest absolute Gasteiger partial charge is 0.381 e. The number of anilines is 2. The van der Waals surface area contributed by atoms with Gasteiger partial charge in [0.05, 0.1) is 18.5 Å². The number of amides is 2. The van der Waals surface area contributed by atoms with Gasteiger partial charge in [0.15, 0.2) is 22.8 Å². The zero-order chi connectivity index (χ0) is 25.4. The van der Waals surface area contributed by atoms with E-state index in [1.165, 1.54) is 0 Å². The molecule has 0 unspecified atom stereocenters. The second-order valence-electron chi connectivity index (χ2n) is 10.6. The van der Waals surface area contributed by atoms with Crippen molar-refractivity contribution in [3.05, 3.63) is 30.6 Å². The van der Waals surface area contributed by atoms with Crippen molar-refractivity contribution in [1.29, 1.82) is 0 Å². The third kappa shape index (κ3) is 5.55. The van der Waals surface area contributed by atoms with E-state index in [1.54, 1.807) is 0 Å². The topological polar surface area (TPSA) is 106 Å². The van der Waals surface area contributed by atoms with Gasteiger partial charge in [0.2, 0.25) is 0 Å². The van der Waals surface area contributed by atoms with Crippen molar-refractivity contribution in [1.82, 2.24) is 24.8 Å². The number of fused-ring (bicyclic) bond motifs is 1. The molecule has 0 spiro atoms. The summed E-state index contributed by atoms with van der Waals surface area (Å²) in [6.07, 6.45) is 6.32. The molecular weight excluding hydrogens is 470 g/mol. The Balaban J connectivity index is 1.33. The second kappa shape index (κ2) is 10.3. The molecule has 4 heterocycles. The van der Waals surface area contributed by atoms with Crippen LogP contribution in [0.15, 0.2) is 30.6 Å². The van der Waals surface area contributed by atoms with Gasteiger partial charge < -0.3 is 29.6 Å². The summed E-state index contributed by atoms with van der Waals surface area (Å²) >= 11 is 0. The first-order valence-electron chi connectivity index (χ1n) is 13.4. The third-order valence-electron chi connectivity index (χ3n) is 7.27. The van der Waals surface area contributed by atoms with Crippen molar-refractivity contribution in [2.45, 2.75) is 64.3 Å². The van der Waals surface area contributed by atoms with Crippen molar-refractivity contribution in [2.24, 2.45) is 5.92 Å². The fourth-order valence-corrected chi connectivity index (χ4v) is 5.25. The Morgan fingerprint density at radius 3 is 2.46 bits per heavy atom. The number of carbonyl (C=O) groups excluding carboxylic acids is 1. The number of nitrogens with zero attached hydrogens (tertiary/aromatic N) is 5. The number of carbonyl (C=O) groups is 1. The summed E-state index contributed by atoms with van der Waals surface area (Å²) < 4.78 is 13.7. The summed E-state index contributed by atoms with van der Waals surface area (Å²) in [5, 5.41) is 5.86. The van der Waals surface area contributed by atoms with Gasteiger partial charge in [0, 0.05) is 50.1 Å². The minimum Gasteiger partial charge on any atom is -0.381 e. The lowest BCUT2D eigenvalue weighted by molar-refractivity contribution is -0.00537. The fourth-order valence-electron chi connectivity index (χ4n) is 5.25. The molecule has 2 N–H and O–H groups in total. The van der Waals surface area contributed by atoms with Crippen LogP contribution in [0, 0.1) is 5.92 Å². The average Bonchev–Trinajstić information content (AvgIpc) is 3.61. The molecule has 1 aliphatic carbocycles. The molecule has 0 bridgehead atoms. The van der Waals surface area contributed by atoms with Crippen LogP contribution in [0.2, 0.25) is 0 Å². The lowest BCUT2D eigenvalue weighted by Crippen LogP contribution is -2.46.